The number of aromatic nitrogens is 3. The number of fused-ring (bicyclic) bond motifs is 1. The lowest BCUT2D eigenvalue weighted by Gasteiger charge is -2.35. The number of carbonyl (C=O) groups excluding carboxylic acids is 1. The highest BCUT2D eigenvalue weighted by Gasteiger charge is 2.36. The summed E-state index contributed by atoms with van der Waals surface area (Å²) >= 11 is 1.35. The van der Waals surface area contributed by atoms with Crippen molar-refractivity contribution in [2.45, 2.75) is 19.9 Å². The van der Waals surface area contributed by atoms with Crippen LogP contribution in [0.3, 0.4) is 0 Å². The molecule has 1 fully saturated rings. The molecule has 1 aliphatic heterocycles. The quantitative estimate of drug-likeness (QED) is 0.667. The molecule has 2 N–H and O–H groups in total. The predicted octanol–water partition coefficient (Wildman–Crippen LogP) is 1.39. The zero-order valence-electron chi connectivity index (χ0n) is 16.3. The summed E-state index contributed by atoms with van der Waals surface area (Å²) in [6.45, 7) is 6.24. The molecule has 1 aliphatic rings. The van der Waals surface area contributed by atoms with Crippen LogP contribution in [0.15, 0.2) is 24.3 Å². The first-order valence-corrected chi connectivity index (χ1v) is 10.4. The molecule has 8 nitrogen and oxygen atoms in total. The first-order chi connectivity index (χ1) is 14.0. The van der Waals surface area contributed by atoms with Crippen LogP contribution in [0, 0.1) is 12.7 Å². The Hall–Kier alpha value is -2.72. The molecule has 1 amide bonds. The minimum atomic E-state index is -0.327. The highest BCUT2D eigenvalue weighted by atomic mass is 32.1. The zero-order valence-corrected chi connectivity index (χ0v) is 17.1. The Bertz CT molecular complexity index is 1030. The van der Waals surface area contributed by atoms with Gasteiger partial charge in [0.1, 0.15) is 16.5 Å². The van der Waals surface area contributed by atoms with Gasteiger partial charge in [0.05, 0.1) is 32.8 Å². The number of aromatic hydroxyl groups is 1. The third-order valence-electron chi connectivity index (χ3n) is 5.09. The molecule has 4 rings (SSSR count). The van der Waals surface area contributed by atoms with Crippen molar-refractivity contribution in [1.82, 2.24) is 19.5 Å². The Morgan fingerprint density at radius 1 is 1.41 bits per heavy atom. The topological polar surface area (TPSA) is 84.4 Å². The van der Waals surface area contributed by atoms with Crippen LogP contribution in [0.2, 0.25) is 0 Å². The number of rotatable bonds is 4. The van der Waals surface area contributed by atoms with Crippen LogP contribution < -0.4 is 4.90 Å². The minimum absolute atomic E-state index is 0.0279. The molecule has 0 saturated carbocycles. The van der Waals surface area contributed by atoms with Gasteiger partial charge in [-0.15, -0.1) is 5.10 Å². The number of nitrogens with zero attached hydrogens (tertiary/aromatic N) is 4. The van der Waals surface area contributed by atoms with E-state index in [2.05, 4.69) is 10.1 Å². The summed E-state index contributed by atoms with van der Waals surface area (Å²) in [6, 6.07) is 6.14. The molecule has 0 bridgehead atoms. The number of ether oxygens (including phenoxy) is 1. The number of piperazine rings is 1. The molecule has 3 aromatic rings. The molecule has 0 spiro atoms. The Balaban J connectivity index is 1.67. The lowest BCUT2D eigenvalue weighted by Crippen LogP contribution is -3.15. The van der Waals surface area contributed by atoms with Crippen molar-refractivity contribution in [3.05, 3.63) is 46.3 Å². The fourth-order valence-corrected chi connectivity index (χ4v) is 4.96. The van der Waals surface area contributed by atoms with Crippen molar-refractivity contribution in [2.24, 2.45) is 0 Å². The smallest absolute Gasteiger partial charge is 0.410 e. The number of amides is 1. The molecular formula is C19H23FN5O3S+. The first kappa shape index (κ1) is 19.6. The summed E-state index contributed by atoms with van der Waals surface area (Å²) in [5, 5.41) is 15.1. The number of thiazole rings is 1. The number of hydrogen-bond donors (Lipinski definition) is 2. The van der Waals surface area contributed by atoms with E-state index in [1.165, 1.54) is 28.0 Å². The number of benzene rings is 1. The molecule has 3 heterocycles. The SMILES string of the molecule is CCOC(=O)N1CC[NH+]([C@H](c2cccc(F)c2)c2sc3nc(C)nn3c2O)CC1. The van der Waals surface area contributed by atoms with Gasteiger partial charge < -0.3 is 14.7 Å². The van der Waals surface area contributed by atoms with Crippen LogP contribution in [0.25, 0.3) is 4.96 Å². The molecule has 1 saturated heterocycles. The van der Waals surface area contributed by atoms with E-state index in [0.717, 1.165) is 10.5 Å². The number of carbonyl (C=O) groups is 1. The van der Waals surface area contributed by atoms with Crippen molar-refractivity contribution < 1.29 is 23.9 Å². The van der Waals surface area contributed by atoms with Crippen molar-refractivity contribution in [1.29, 1.82) is 0 Å². The van der Waals surface area contributed by atoms with Gasteiger partial charge in [-0.25, -0.2) is 14.2 Å². The van der Waals surface area contributed by atoms with Gasteiger partial charge in [0.15, 0.2) is 6.04 Å². The van der Waals surface area contributed by atoms with E-state index in [1.54, 1.807) is 24.8 Å². The number of hydrogen-bond acceptors (Lipinski definition) is 6. The second-order valence-electron chi connectivity index (χ2n) is 6.98. The van der Waals surface area contributed by atoms with Gasteiger partial charge in [-0.05, 0) is 26.0 Å². The van der Waals surface area contributed by atoms with Gasteiger partial charge in [-0.3, -0.25) is 4.90 Å². The number of aryl methyl sites for hydroxylation is 1. The predicted molar refractivity (Wildman–Crippen MR) is 105 cm³/mol. The second-order valence-corrected chi connectivity index (χ2v) is 7.98. The van der Waals surface area contributed by atoms with Crippen LogP contribution in [-0.4, -0.2) is 63.5 Å². The van der Waals surface area contributed by atoms with Gasteiger partial charge in [0, 0.05) is 5.56 Å². The lowest BCUT2D eigenvalue weighted by atomic mass is 10.0. The average Bonchev–Trinajstić information content (AvgIpc) is 3.20. The summed E-state index contributed by atoms with van der Waals surface area (Å²) in [4.78, 5) is 20.5. The van der Waals surface area contributed by atoms with E-state index in [-0.39, 0.29) is 23.8 Å². The highest BCUT2D eigenvalue weighted by molar-refractivity contribution is 7.17. The maximum absolute atomic E-state index is 14.0. The van der Waals surface area contributed by atoms with Crippen LogP contribution in [0.4, 0.5) is 9.18 Å². The molecule has 10 heteroatoms. The molecular weight excluding hydrogens is 397 g/mol. The van der Waals surface area contributed by atoms with Crippen molar-refractivity contribution in [3.63, 3.8) is 0 Å². The normalized spacial score (nSPS) is 16.3. The van der Waals surface area contributed by atoms with E-state index < -0.39 is 0 Å². The van der Waals surface area contributed by atoms with Crippen molar-refractivity contribution in [3.8, 4) is 5.88 Å². The fraction of sp³-hybridized carbons (Fsp3) is 0.421. The summed E-state index contributed by atoms with van der Waals surface area (Å²) in [7, 11) is 0. The summed E-state index contributed by atoms with van der Waals surface area (Å²) in [6.07, 6.45) is -0.314. The summed E-state index contributed by atoms with van der Waals surface area (Å²) in [5.41, 5.74) is 0.765. The molecule has 0 radical (unpaired) electrons. The largest absolute Gasteiger partial charge is 0.492 e. The molecule has 0 unspecified atom stereocenters. The van der Waals surface area contributed by atoms with Gasteiger partial charge in [-0.1, -0.05) is 23.5 Å². The minimum Gasteiger partial charge on any atom is -0.492 e. The maximum atomic E-state index is 14.0. The Labute approximate surface area is 171 Å². The fourth-order valence-electron chi connectivity index (χ4n) is 3.77. The molecule has 0 aliphatic carbocycles. The second kappa shape index (κ2) is 7.96. The van der Waals surface area contributed by atoms with E-state index in [1.807, 2.05) is 6.07 Å². The summed E-state index contributed by atoms with van der Waals surface area (Å²) < 4.78 is 20.5. The van der Waals surface area contributed by atoms with E-state index in [0.29, 0.717) is 48.4 Å². The van der Waals surface area contributed by atoms with Gasteiger partial charge in [0.25, 0.3) is 0 Å². The third-order valence-corrected chi connectivity index (χ3v) is 6.17. The zero-order chi connectivity index (χ0) is 20.5. The van der Waals surface area contributed by atoms with Gasteiger partial charge in [-0.2, -0.15) is 4.52 Å². The molecule has 2 aromatic heterocycles. The number of halogens is 1. The van der Waals surface area contributed by atoms with Crippen LogP contribution in [-0.2, 0) is 4.74 Å². The van der Waals surface area contributed by atoms with Crippen molar-refractivity contribution in [2.75, 3.05) is 32.8 Å². The molecule has 154 valence electrons. The highest BCUT2D eigenvalue weighted by Crippen LogP contribution is 2.35. The van der Waals surface area contributed by atoms with E-state index in [4.69, 9.17) is 4.74 Å². The Morgan fingerprint density at radius 2 is 2.17 bits per heavy atom. The van der Waals surface area contributed by atoms with Crippen LogP contribution in [0.1, 0.15) is 29.2 Å². The average molecular weight is 420 g/mol. The molecule has 29 heavy (non-hydrogen) atoms. The first-order valence-electron chi connectivity index (χ1n) is 9.54. The van der Waals surface area contributed by atoms with Gasteiger partial charge >= 0.3 is 6.09 Å². The van der Waals surface area contributed by atoms with E-state index >= 15 is 0 Å². The van der Waals surface area contributed by atoms with Crippen LogP contribution in [0.5, 0.6) is 5.88 Å². The number of quaternary nitrogens is 1. The Morgan fingerprint density at radius 3 is 2.83 bits per heavy atom. The van der Waals surface area contributed by atoms with Crippen LogP contribution >= 0.6 is 11.3 Å². The maximum Gasteiger partial charge on any atom is 0.410 e. The summed E-state index contributed by atoms with van der Waals surface area (Å²) in [5.74, 6) is 0.280. The van der Waals surface area contributed by atoms with Crippen molar-refractivity contribution >= 4 is 22.4 Å². The monoisotopic (exact) mass is 420 g/mol. The third kappa shape index (κ3) is 3.77. The molecule has 1 aromatic carbocycles. The standard InChI is InChI=1S/C19H22FN5O3S/c1-3-28-19(27)24-9-7-23(8-10-24)15(13-5-4-6-14(20)11-13)16-17(26)25-18(29-16)21-12(2)22-25/h4-6,11,15,26H,3,7-10H2,1-2H3/p+1/t15-/m1/s1. The lowest BCUT2D eigenvalue weighted by molar-refractivity contribution is -0.929. The molecule has 1 atom stereocenters. The Kier molecular flexibility index (Phi) is 5.37. The number of nitrogens with one attached hydrogen (secondary N) is 1. The van der Waals surface area contributed by atoms with E-state index in [9.17, 15) is 14.3 Å². The van der Waals surface area contributed by atoms with Gasteiger partial charge in [0.2, 0.25) is 10.8 Å².